The van der Waals surface area contributed by atoms with Gasteiger partial charge in [-0.3, -0.25) is 0 Å². The Kier molecular flexibility index (Phi) is 6.17. The molecule has 0 aliphatic carbocycles. The molecular formula is C13H18F3NO2Se. The number of rotatable bonds is 6. The molecule has 0 spiro atoms. The molecule has 0 heterocycles. The monoisotopic (exact) mass is 357 g/mol. The summed E-state index contributed by atoms with van der Waals surface area (Å²) in [6, 6.07) is 3.26. The number of hydrogen-bond donors (Lipinski definition) is 1. The number of ether oxygens (including phenoxy) is 2. The Morgan fingerprint density at radius 3 is 2.25 bits per heavy atom. The molecule has 20 heavy (non-hydrogen) atoms. The Bertz CT molecular complexity index is 452. The summed E-state index contributed by atoms with van der Waals surface area (Å²) >= 11 is -1.65. The topological polar surface area (TPSA) is 30.5 Å². The van der Waals surface area contributed by atoms with Gasteiger partial charge in [-0.15, -0.1) is 0 Å². The maximum atomic E-state index is 12.6. The molecule has 1 atom stereocenters. The third kappa shape index (κ3) is 4.89. The van der Waals surface area contributed by atoms with Crippen molar-refractivity contribution in [1.82, 2.24) is 5.32 Å². The molecule has 1 unspecified atom stereocenters. The van der Waals surface area contributed by atoms with Crippen LogP contribution in [0.3, 0.4) is 0 Å². The molecule has 0 saturated carbocycles. The first kappa shape index (κ1) is 17.1. The van der Waals surface area contributed by atoms with E-state index in [0.29, 0.717) is 12.2 Å². The standard InChI is InChI=1S/C13H18F3NO2Se/c1-8(17-2)5-9-6-11(19-4)12(7-10(9)18-3)20-13(14,15)16/h6-8,17H,5H2,1-4H3. The van der Waals surface area contributed by atoms with E-state index in [9.17, 15) is 13.2 Å². The Labute approximate surface area is 123 Å². The van der Waals surface area contributed by atoms with E-state index in [0.717, 1.165) is 5.56 Å². The molecule has 1 rings (SSSR count). The van der Waals surface area contributed by atoms with E-state index in [-0.39, 0.29) is 16.3 Å². The molecule has 1 aromatic carbocycles. The summed E-state index contributed by atoms with van der Waals surface area (Å²) in [6.45, 7) is 1.99. The molecule has 7 heteroatoms. The first-order valence-electron chi connectivity index (χ1n) is 5.98. The van der Waals surface area contributed by atoms with Crippen LogP contribution in [0.5, 0.6) is 11.5 Å². The molecular weight excluding hydrogens is 338 g/mol. The summed E-state index contributed by atoms with van der Waals surface area (Å²) in [4.78, 5) is 0. The zero-order valence-corrected chi connectivity index (χ0v) is 13.5. The van der Waals surface area contributed by atoms with Gasteiger partial charge in [0.25, 0.3) is 0 Å². The second-order valence-corrected chi connectivity index (χ2v) is 6.58. The van der Waals surface area contributed by atoms with Gasteiger partial charge in [0.05, 0.1) is 0 Å². The number of halogens is 3. The molecule has 0 bridgehead atoms. The first-order valence-corrected chi connectivity index (χ1v) is 7.70. The van der Waals surface area contributed by atoms with Gasteiger partial charge >= 0.3 is 122 Å². The van der Waals surface area contributed by atoms with Crippen LogP contribution < -0.4 is 19.3 Å². The molecule has 1 aromatic rings. The zero-order chi connectivity index (χ0) is 15.3. The van der Waals surface area contributed by atoms with Gasteiger partial charge < -0.3 is 0 Å². The van der Waals surface area contributed by atoms with Gasteiger partial charge in [0.15, 0.2) is 0 Å². The van der Waals surface area contributed by atoms with Crippen LogP contribution in [0.1, 0.15) is 12.5 Å². The van der Waals surface area contributed by atoms with E-state index in [1.807, 2.05) is 14.0 Å². The van der Waals surface area contributed by atoms with E-state index < -0.39 is 20.0 Å². The summed E-state index contributed by atoms with van der Waals surface area (Å²) in [5.74, 6) is 0.732. The average molecular weight is 356 g/mol. The van der Waals surface area contributed by atoms with Crippen molar-refractivity contribution in [1.29, 1.82) is 0 Å². The number of nitrogens with one attached hydrogen (secondary N) is 1. The predicted octanol–water partition coefficient (Wildman–Crippen LogP) is 1.70. The number of methoxy groups -OCH3 is 2. The Balaban J connectivity index is 3.16. The van der Waals surface area contributed by atoms with Gasteiger partial charge in [-0.2, -0.15) is 0 Å². The second kappa shape index (κ2) is 7.20. The quantitative estimate of drug-likeness (QED) is 0.788. The summed E-state index contributed by atoms with van der Waals surface area (Å²) in [6.07, 6.45) is 0.648. The van der Waals surface area contributed by atoms with Crippen molar-refractivity contribution in [3.8, 4) is 11.5 Å². The van der Waals surface area contributed by atoms with Crippen molar-refractivity contribution in [3.63, 3.8) is 0 Å². The van der Waals surface area contributed by atoms with Gasteiger partial charge in [-0.25, -0.2) is 0 Å². The van der Waals surface area contributed by atoms with Gasteiger partial charge in [0, 0.05) is 0 Å². The van der Waals surface area contributed by atoms with Crippen LogP contribution in [0, 0.1) is 0 Å². The molecule has 0 amide bonds. The zero-order valence-electron chi connectivity index (χ0n) is 11.8. The number of alkyl halides is 3. The fourth-order valence-corrected chi connectivity index (χ4v) is 3.11. The fourth-order valence-electron chi connectivity index (χ4n) is 1.73. The van der Waals surface area contributed by atoms with Crippen LogP contribution in [-0.2, 0) is 6.42 Å². The third-order valence-electron chi connectivity index (χ3n) is 2.81. The number of hydrogen-bond acceptors (Lipinski definition) is 3. The Hall–Kier alpha value is -0.911. The van der Waals surface area contributed by atoms with E-state index in [1.165, 1.54) is 20.3 Å². The molecule has 0 saturated heterocycles. The maximum absolute atomic E-state index is 12.6. The molecule has 0 aliphatic rings. The van der Waals surface area contributed by atoms with E-state index in [1.54, 1.807) is 6.07 Å². The fraction of sp³-hybridized carbons (Fsp3) is 0.538. The summed E-state index contributed by atoms with van der Waals surface area (Å²) in [5, 5.41) is -1.13. The SMILES string of the molecule is CNC(C)Cc1cc(OC)c([Se]C(F)(F)F)cc1OC. The molecule has 0 aliphatic heterocycles. The predicted molar refractivity (Wildman–Crippen MR) is 73.2 cm³/mol. The number of likely N-dealkylation sites (N-methyl/N-ethyl adjacent to an activating group) is 1. The van der Waals surface area contributed by atoms with E-state index >= 15 is 0 Å². The van der Waals surface area contributed by atoms with E-state index in [4.69, 9.17) is 9.47 Å². The van der Waals surface area contributed by atoms with Crippen molar-refractivity contribution in [2.75, 3.05) is 21.3 Å². The van der Waals surface area contributed by atoms with Gasteiger partial charge in [0.2, 0.25) is 0 Å². The van der Waals surface area contributed by atoms with Crippen LogP contribution in [0.4, 0.5) is 13.2 Å². The van der Waals surface area contributed by atoms with Gasteiger partial charge in [-0.1, -0.05) is 0 Å². The Morgan fingerprint density at radius 1 is 1.20 bits per heavy atom. The second-order valence-electron chi connectivity index (χ2n) is 4.26. The molecule has 0 radical (unpaired) electrons. The van der Waals surface area contributed by atoms with Crippen LogP contribution >= 0.6 is 0 Å². The normalized spacial score (nSPS) is 13.2. The van der Waals surface area contributed by atoms with Crippen LogP contribution in [-0.4, -0.2) is 47.3 Å². The van der Waals surface area contributed by atoms with Crippen LogP contribution in [0.15, 0.2) is 12.1 Å². The molecule has 3 nitrogen and oxygen atoms in total. The van der Waals surface area contributed by atoms with Crippen molar-refractivity contribution in [3.05, 3.63) is 17.7 Å². The van der Waals surface area contributed by atoms with Crippen molar-refractivity contribution in [2.45, 2.75) is 24.5 Å². The third-order valence-corrected chi connectivity index (χ3v) is 4.43. The van der Waals surface area contributed by atoms with Crippen molar-refractivity contribution in [2.24, 2.45) is 0 Å². The molecule has 0 aromatic heterocycles. The Morgan fingerprint density at radius 2 is 1.80 bits per heavy atom. The number of benzene rings is 1. The van der Waals surface area contributed by atoms with Crippen LogP contribution in [0.2, 0.25) is 0 Å². The molecule has 0 fully saturated rings. The van der Waals surface area contributed by atoms with Crippen molar-refractivity contribution < 1.29 is 22.6 Å². The van der Waals surface area contributed by atoms with E-state index in [2.05, 4.69) is 5.32 Å². The van der Waals surface area contributed by atoms with Crippen LogP contribution in [0.25, 0.3) is 0 Å². The molecule has 114 valence electrons. The van der Waals surface area contributed by atoms with Crippen molar-refractivity contribution >= 4 is 19.4 Å². The molecule has 1 N–H and O–H groups in total. The summed E-state index contributed by atoms with van der Waals surface area (Å²) < 4.78 is 48.2. The summed E-state index contributed by atoms with van der Waals surface area (Å²) in [5.41, 5.74) is 0.827. The minimum absolute atomic E-state index is 0.144. The summed E-state index contributed by atoms with van der Waals surface area (Å²) in [7, 11) is 4.66. The van der Waals surface area contributed by atoms with Gasteiger partial charge in [0.1, 0.15) is 0 Å². The average Bonchev–Trinajstić information content (AvgIpc) is 2.37. The minimum atomic E-state index is -4.22. The first-order chi connectivity index (χ1) is 9.30. The van der Waals surface area contributed by atoms with Gasteiger partial charge in [-0.05, 0) is 0 Å².